The number of hydrogen-bond donors (Lipinski definition) is 2. The molecule has 3 aromatic rings. The van der Waals surface area contributed by atoms with Crippen molar-refractivity contribution in [3.05, 3.63) is 75.1 Å². The lowest BCUT2D eigenvalue weighted by atomic mass is 10.0. The van der Waals surface area contributed by atoms with Gasteiger partial charge in [0.25, 0.3) is 0 Å². The van der Waals surface area contributed by atoms with Gasteiger partial charge in [-0.05, 0) is 61.6 Å². The second-order valence-corrected chi connectivity index (χ2v) is 7.57. The second-order valence-electron chi connectivity index (χ2n) is 7.57. The molecule has 0 aliphatic heterocycles. The first kappa shape index (κ1) is 20.6. The fourth-order valence-corrected chi connectivity index (χ4v) is 3.67. The van der Waals surface area contributed by atoms with Crippen molar-refractivity contribution in [3.8, 4) is 0 Å². The number of aromatic nitrogens is 1. The minimum Gasteiger partial charge on any atom is -0.322 e. The number of aromatic amines is 1. The van der Waals surface area contributed by atoms with E-state index in [1.807, 2.05) is 45.0 Å². The van der Waals surface area contributed by atoms with E-state index in [1.54, 1.807) is 11.0 Å². The Hall–Kier alpha value is -3.08. The highest BCUT2D eigenvalue weighted by molar-refractivity contribution is 5.90. The average Bonchev–Trinajstić information content (AvgIpc) is 2.69. The molecule has 0 aliphatic carbocycles. The number of anilines is 1. The van der Waals surface area contributed by atoms with Gasteiger partial charge in [0.15, 0.2) is 0 Å². The van der Waals surface area contributed by atoms with Crippen LogP contribution >= 0.6 is 0 Å². The minimum atomic E-state index is -0.158. The van der Waals surface area contributed by atoms with Crippen LogP contribution in [0, 0.1) is 13.8 Å². The van der Waals surface area contributed by atoms with Crippen LogP contribution in [0.25, 0.3) is 10.9 Å². The van der Waals surface area contributed by atoms with Gasteiger partial charge in [-0.25, -0.2) is 4.79 Å². The van der Waals surface area contributed by atoms with E-state index in [4.69, 9.17) is 0 Å². The lowest BCUT2D eigenvalue weighted by Gasteiger charge is -2.23. The first-order chi connectivity index (χ1) is 13.9. The Morgan fingerprint density at radius 1 is 1.07 bits per heavy atom. The topological polar surface area (TPSA) is 65.2 Å². The lowest BCUT2D eigenvalue weighted by Crippen LogP contribution is -2.35. The molecule has 3 rings (SSSR count). The normalized spacial score (nSPS) is 10.9. The molecule has 2 aromatic carbocycles. The number of hydrogen-bond acceptors (Lipinski definition) is 2. The molecule has 29 heavy (non-hydrogen) atoms. The van der Waals surface area contributed by atoms with Crippen LogP contribution in [0.15, 0.2) is 47.3 Å². The summed E-state index contributed by atoms with van der Waals surface area (Å²) in [6.45, 7) is 9.17. The van der Waals surface area contributed by atoms with Gasteiger partial charge in [-0.1, -0.05) is 37.6 Å². The largest absolute Gasteiger partial charge is 0.322 e. The summed E-state index contributed by atoms with van der Waals surface area (Å²) >= 11 is 0. The van der Waals surface area contributed by atoms with Crippen LogP contribution in [0.3, 0.4) is 0 Å². The van der Waals surface area contributed by atoms with Crippen LogP contribution in [-0.4, -0.2) is 22.5 Å². The number of amides is 2. The SMILES string of the molecule is CCCN(Cc1cc(=O)[nH]c2c(C)cc(C)cc12)C(=O)Nc1ccc(CC)cc1. The number of H-pyrrole nitrogens is 1. The van der Waals surface area contributed by atoms with Gasteiger partial charge in [0, 0.05) is 30.2 Å². The lowest BCUT2D eigenvalue weighted by molar-refractivity contribution is 0.209. The average molecular weight is 392 g/mol. The van der Waals surface area contributed by atoms with E-state index < -0.39 is 0 Å². The van der Waals surface area contributed by atoms with Gasteiger partial charge < -0.3 is 15.2 Å². The first-order valence-electron chi connectivity index (χ1n) is 10.2. The number of carbonyl (C=O) groups is 1. The molecule has 2 amide bonds. The van der Waals surface area contributed by atoms with Crippen molar-refractivity contribution in [3.63, 3.8) is 0 Å². The van der Waals surface area contributed by atoms with Gasteiger partial charge in [0.05, 0.1) is 5.52 Å². The monoisotopic (exact) mass is 391 g/mol. The number of benzene rings is 2. The van der Waals surface area contributed by atoms with Crippen LogP contribution in [-0.2, 0) is 13.0 Å². The molecule has 0 spiro atoms. The van der Waals surface area contributed by atoms with Crippen molar-refractivity contribution in [1.82, 2.24) is 9.88 Å². The highest BCUT2D eigenvalue weighted by Gasteiger charge is 2.16. The Kier molecular flexibility index (Phi) is 6.37. The standard InChI is InChI=1S/C24H29N3O2/c1-5-11-27(24(29)25-20-9-7-18(6-2)8-10-20)15-19-14-22(28)26-23-17(4)12-16(3)13-21(19)23/h7-10,12-14H,5-6,11,15H2,1-4H3,(H,25,29)(H,26,28). The van der Waals surface area contributed by atoms with Crippen LogP contribution in [0.5, 0.6) is 0 Å². The fourth-order valence-electron chi connectivity index (χ4n) is 3.67. The fraction of sp³-hybridized carbons (Fsp3) is 0.333. The van der Waals surface area contributed by atoms with Gasteiger partial charge in [-0.2, -0.15) is 0 Å². The summed E-state index contributed by atoms with van der Waals surface area (Å²) in [6, 6.07) is 13.5. The highest BCUT2D eigenvalue weighted by Crippen LogP contribution is 2.22. The number of fused-ring (bicyclic) bond motifs is 1. The predicted octanol–water partition coefficient (Wildman–Crippen LogP) is 5.15. The molecule has 0 fully saturated rings. The van der Waals surface area contributed by atoms with Crippen molar-refractivity contribution in [2.24, 2.45) is 0 Å². The number of carbonyl (C=O) groups excluding carboxylic acids is 1. The Balaban J connectivity index is 1.90. The number of pyridine rings is 1. The molecule has 5 heteroatoms. The van der Waals surface area contributed by atoms with E-state index in [2.05, 4.69) is 29.4 Å². The summed E-state index contributed by atoms with van der Waals surface area (Å²) in [4.78, 5) is 29.9. The Labute approximate surface area is 171 Å². The summed E-state index contributed by atoms with van der Waals surface area (Å²) in [5.74, 6) is 0. The molecule has 5 nitrogen and oxygen atoms in total. The number of nitrogens with one attached hydrogen (secondary N) is 2. The van der Waals surface area contributed by atoms with Gasteiger partial charge in [-0.3, -0.25) is 4.79 Å². The van der Waals surface area contributed by atoms with Crippen molar-refractivity contribution in [2.45, 2.75) is 47.1 Å². The molecule has 0 bridgehead atoms. The third-order valence-corrected chi connectivity index (χ3v) is 5.13. The Bertz CT molecular complexity index is 1070. The molecule has 0 saturated heterocycles. The molecule has 152 valence electrons. The zero-order valence-corrected chi connectivity index (χ0v) is 17.6. The van der Waals surface area contributed by atoms with Crippen LogP contribution in [0.1, 0.15) is 42.5 Å². The Morgan fingerprint density at radius 3 is 2.45 bits per heavy atom. The van der Waals surface area contributed by atoms with Crippen molar-refractivity contribution in [2.75, 3.05) is 11.9 Å². The summed E-state index contributed by atoms with van der Waals surface area (Å²) in [5.41, 5.74) is 5.72. The molecule has 0 atom stereocenters. The van der Waals surface area contributed by atoms with E-state index in [1.165, 1.54) is 5.56 Å². The maximum Gasteiger partial charge on any atom is 0.322 e. The summed E-state index contributed by atoms with van der Waals surface area (Å²) < 4.78 is 0. The highest BCUT2D eigenvalue weighted by atomic mass is 16.2. The molecular formula is C24H29N3O2. The van der Waals surface area contributed by atoms with Crippen LogP contribution < -0.4 is 10.9 Å². The third kappa shape index (κ3) is 4.86. The van der Waals surface area contributed by atoms with Crippen molar-refractivity contribution >= 4 is 22.6 Å². The molecule has 1 heterocycles. The number of urea groups is 1. The van der Waals surface area contributed by atoms with Crippen LogP contribution in [0.4, 0.5) is 10.5 Å². The van der Waals surface area contributed by atoms with Gasteiger partial charge in [0.1, 0.15) is 0 Å². The zero-order chi connectivity index (χ0) is 21.0. The van der Waals surface area contributed by atoms with Crippen molar-refractivity contribution in [1.29, 1.82) is 0 Å². The smallest absolute Gasteiger partial charge is 0.322 e. The Morgan fingerprint density at radius 2 is 1.79 bits per heavy atom. The quantitative estimate of drug-likeness (QED) is 0.610. The van der Waals surface area contributed by atoms with E-state index in [9.17, 15) is 9.59 Å². The van der Waals surface area contributed by atoms with E-state index >= 15 is 0 Å². The van der Waals surface area contributed by atoms with Gasteiger partial charge in [-0.15, -0.1) is 0 Å². The van der Waals surface area contributed by atoms with E-state index in [-0.39, 0.29) is 11.6 Å². The van der Waals surface area contributed by atoms with Gasteiger partial charge >= 0.3 is 6.03 Å². The number of rotatable bonds is 6. The molecular weight excluding hydrogens is 362 g/mol. The van der Waals surface area contributed by atoms with E-state index in [0.717, 1.165) is 46.1 Å². The molecule has 0 saturated carbocycles. The predicted molar refractivity (Wildman–Crippen MR) is 120 cm³/mol. The maximum atomic E-state index is 12.9. The van der Waals surface area contributed by atoms with Gasteiger partial charge in [0.2, 0.25) is 5.56 Å². The van der Waals surface area contributed by atoms with Crippen LogP contribution in [0.2, 0.25) is 0 Å². The molecule has 2 N–H and O–H groups in total. The van der Waals surface area contributed by atoms with Crippen molar-refractivity contribution < 1.29 is 4.79 Å². The summed E-state index contributed by atoms with van der Waals surface area (Å²) in [6.07, 6.45) is 1.80. The number of nitrogens with zero attached hydrogens (tertiary/aromatic N) is 1. The minimum absolute atomic E-state index is 0.147. The molecule has 1 aromatic heterocycles. The zero-order valence-electron chi connectivity index (χ0n) is 17.6. The second kappa shape index (κ2) is 8.95. The first-order valence-corrected chi connectivity index (χ1v) is 10.2. The maximum absolute atomic E-state index is 12.9. The molecule has 0 aliphatic rings. The molecule has 0 unspecified atom stereocenters. The number of aryl methyl sites for hydroxylation is 3. The molecule has 0 radical (unpaired) electrons. The summed E-state index contributed by atoms with van der Waals surface area (Å²) in [5, 5.41) is 3.97. The van der Waals surface area contributed by atoms with E-state index in [0.29, 0.717) is 13.1 Å². The third-order valence-electron chi connectivity index (χ3n) is 5.13. The summed E-state index contributed by atoms with van der Waals surface area (Å²) in [7, 11) is 0.